The van der Waals surface area contributed by atoms with Crippen LogP contribution >= 0.6 is 15.9 Å². The molecule has 1 atom stereocenters. The number of rotatable bonds is 7. The van der Waals surface area contributed by atoms with Crippen molar-refractivity contribution in [3.63, 3.8) is 0 Å². The summed E-state index contributed by atoms with van der Waals surface area (Å²) in [6, 6.07) is 8.16. The average Bonchev–Trinajstić information content (AvgIpc) is 2.87. The molecule has 0 saturated carbocycles. The van der Waals surface area contributed by atoms with Crippen LogP contribution in [0.25, 0.3) is 0 Å². The van der Waals surface area contributed by atoms with Crippen molar-refractivity contribution in [2.45, 2.75) is 32.6 Å². The first-order valence-electron chi connectivity index (χ1n) is 6.93. The molecule has 0 aliphatic carbocycles. The van der Waals surface area contributed by atoms with E-state index in [-0.39, 0.29) is 0 Å². The molecule has 2 aromatic rings. The molecule has 0 aliphatic heterocycles. The molecule has 1 heterocycles. The topological polar surface area (TPSA) is 64.9 Å². The SMILES string of the molecule is CC(CCN)CCc1nc(Cc2ccc(Br)cc2)no1. The van der Waals surface area contributed by atoms with E-state index in [4.69, 9.17) is 10.3 Å². The summed E-state index contributed by atoms with van der Waals surface area (Å²) in [5, 5.41) is 4.04. The molecule has 20 heavy (non-hydrogen) atoms. The number of nitrogens with zero attached hydrogens (tertiary/aromatic N) is 2. The summed E-state index contributed by atoms with van der Waals surface area (Å²) in [4.78, 5) is 4.44. The van der Waals surface area contributed by atoms with Gasteiger partial charge >= 0.3 is 0 Å². The second-order valence-electron chi connectivity index (χ2n) is 5.13. The predicted octanol–water partition coefficient (Wildman–Crippen LogP) is 3.34. The maximum atomic E-state index is 5.54. The number of halogens is 1. The van der Waals surface area contributed by atoms with Crippen molar-refractivity contribution in [1.29, 1.82) is 0 Å². The van der Waals surface area contributed by atoms with E-state index in [1.807, 2.05) is 12.1 Å². The van der Waals surface area contributed by atoms with Crippen LogP contribution in [0, 0.1) is 5.92 Å². The number of hydrogen-bond donors (Lipinski definition) is 1. The summed E-state index contributed by atoms with van der Waals surface area (Å²) < 4.78 is 6.36. The number of hydrogen-bond acceptors (Lipinski definition) is 4. The number of aryl methyl sites for hydroxylation is 1. The lowest BCUT2D eigenvalue weighted by molar-refractivity contribution is 0.358. The normalized spacial score (nSPS) is 12.6. The summed E-state index contributed by atoms with van der Waals surface area (Å²) in [5.41, 5.74) is 6.72. The third kappa shape index (κ3) is 4.72. The molecule has 4 nitrogen and oxygen atoms in total. The van der Waals surface area contributed by atoms with Gasteiger partial charge in [0.05, 0.1) is 0 Å². The van der Waals surface area contributed by atoms with E-state index in [9.17, 15) is 0 Å². The molecule has 0 spiro atoms. The summed E-state index contributed by atoms with van der Waals surface area (Å²) in [7, 11) is 0. The molecular weight excluding hydrogens is 318 g/mol. The number of aromatic nitrogens is 2. The molecule has 1 aromatic heterocycles. The van der Waals surface area contributed by atoms with Gasteiger partial charge in [-0.3, -0.25) is 0 Å². The first-order chi connectivity index (χ1) is 9.67. The lowest BCUT2D eigenvalue weighted by Crippen LogP contribution is -2.06. The maximum absolute atomic E-state index is 5.54. The Labute approximate surface area is 127 Å². The Hall–Kier alpha value is -1.20. The Bertz CT molecular complexity index is 524. The Morgan fingerprint density at radius 2 is 2.00 bits per heavy atom. The molecular formula is C15H20BrN3O. The van der Waals surface area contributed by atoms with Gasteiger partial charge in [0.1, 0.15) is 0 Å². The van der Waals surface area contributed by atoms with Crippen molar-refractivity contribution in [1.82, 2.24) is 10.1 Å². The van der Waals surface area contributed by atoms with Crippen molar-refractivity contribution < 1.29 is 4.52 Å². The molecule has 2 N–H and O–H groups in total. The van der Waals surface area contributed by atoms with Gasteiger partial charge < -0.3 is 10.3 Å². The standard InChI is InChI=1S/C15H20BrN3O/c1-11(8-9-17)2-7-15-18-14(19-20-15)10-12-3-5-13(16)6-4-12/h3-6,11H,2,7-10,17H2,1H3. The summed E-state index contributed by atoms with van der Waals surface area (Å²) in [5.74, 6) is 2.07. The summed E-state index contributed by atoms with van der Waals surface area (Å²) in [6.45, 7) is 2.94. The van der Waals surface area contributed by atoms with Gasteiger partial charge in [-0.2, -0.15) is 4.98 Å². The minimum absolute atomic E-state index is 0.599. The second kappa shape index (κ2) is 7.55. The van der Waals surface area contributed by atoms with Gasteiger partial charge in [-0.15, -0.1) is 0 Å². The highest BCUT2D eigenvalue weighted by Gasteiger charge is 2.09. The van der Waals surface area contributed by atoms with Crippen LogP contribution in [0.2, 0.25) is 0 Å². The van der Waals surface area contributed by atoms with Crippen LogP contribution in [0.5, 0.6) is 0 Å². The van der Waals surface area contributed by atoms with Gasteiger partial charge in [0, 0.05) is 17.3 Å². The summed E-state index contributed by atoms with van der Waals surface area (Å²) >= 11 is 3.42. The van der Waals surface area contributed by atoms with Gasteiger partial charge in [0.2, 0.25) is 5.89 Å². The van der Waals surface area contributed by atoms with Crippen LogP contribution in [-0.2, 0) is 12.8 Å². The molecule has 0 saturated heterocycles. The van der Waals surface area contributed by atoms with E-state index in [1.165, 1.54) is 5.56 Å². The molecule has 1 aromatic carbocycles. The van der Waals surface area contributed by atoms with E-state index in [0.29, 0.717) is 12.3 Å². The molecule has 1 unspecified atom stereocenters. The Morgan fingerprint density at radius 1 is 1.25 bits per heavy atom. The molecule has 0 amide bonds. The number of nitrogens with two attached hydrogens (primary N) is 1. The van der Waals surface area contributed by atoms with E-state index < -0.39 is 0 Å². The molecule has 0 aliphatic rings. The van der Waals surface area contributed by atoms with E-state index in [0.717, 1.165) is 42.0 Å². The monoisotopic (exact) mass is 337 g/mol. The fourth-order valence-electron chi connectivity index (χ4n) is 2.05. The van der Waals surface area contributed by atoms with Crippen molar-refractivity contribution in [2.24, 2.45) is 11.7 Å². The van der Waals surface area contributed by atoms with Gasteiger partial charge in [-0.05, 0) is 43.0 Å². The predicted molar refractivity (Wildman–Crippen MR) is 82.4 cm³/mol. The third-order valence-corrected chi connectivity index (χ3v) is 3.82. The lowest BCUT2D eigenvalue weighted by atomic mass is 10.0. The summed E-state index contributed by atoms with van der Waals surface area (Å²) in [6.07, 6.45) is 3.61. The first kappa shape index (κ1) is 15.2. The highest BCUT2D eigenvalue weighted by Crippen LogP contribution is 2.14. The van der Waals surface area contributed by atoms with E-state index in [2.05, 4.69) is 45.1 Å². The highest BCUT2D eigenvalue weighted by atomic mass is 79.9. The van der Waals surface area contributed by atoms with E-state index in [1.54, 1.807) is 0 Å². The molecule has 108 valence electrons. The Morgan fingerprint density at radius 3 is 2.70 bits per heavy atom. The zero-order chi connectivity index (χ0) is 14.4. The van der Waals surface area contributed by atoms with Crippen LogP contribution in [0.4, 0.5) is 0 Å². The van der Waals surface area contributed by atoms with Gasteiger partial charge in [-0.25, -0.2) is 0 Å². The third-order valence-electron chi connectivity index (χ3n) is 3.30. The van der Waals surface area contributed by atoms with Crippen molar-refractivity contribution in [3.05, 3.63) is 46.0 Å². The molecule has 2 rings (SSSR count). The van der Waals surface area contributed by atoms with Crippen molar-refractivity contribution in [2.75, 3.05) is 6.54 Å². The first-order valence-corrected chi connectivity index (χ1v) is 7.72. The Kier molecular flexibility index (Phi) is 5.73. The van der Waals surface area contributed by atoms with Gasteiger partial charge in [-0.1, -0.05) is 40.1 Å². The minimum Gasteiger partial charge on any atom is -0.339 e. The van der Waals surface area contributed by atoms with Crippen molar-refractivity contribution in [3.8, 4) is 0 Å². The zero-order valence-electron chi connectivity index (χ0n) is 11.7. The highest BCUT2D eigenvalue weighted by molar-refractivity contribution is 9.10. The quantitative estimate of drug-likeness (QED) is 0.841. The van der Waals surface area contributed by atoms with Crippen LogP contribution in [-0.4, -0.2) is 16.7 Å². The molecule has 0 fully saturated rings. The molecule has 0 radical (unpaired) electrons. The van der Waals surface area contributed by atoms with Gasteiger partial charge in [0.25, 0.3) is 0 Å². The zero-order valence-corrected chi connectivity index (χ0v) is 13.3. The van der Waals surface area contributed by atoms with E-state index >= 15 is 0 Å². The minimum atomic E-state index is 0.599. The van der Waals surface area contributed by atoms with Crippen LogP contribution < -0.4 is 5.73 Å². The largest absolute Gasteiger partial charge is 0.339 e. The Balaban J connectivity index is 1.87. The maximum Gasteiger partial charge on any atom is 0.226 e. The van der Waals surface area contributed by atoms with Crippen molar-refractivity contribution >= 4 is 15.9 Å². The van der Waals surface area contributed by atoms with Crippen LogP contribution in [0.15, 0.2) is 33.3 Å². The fraction of sp³-hybridized carbons (Fsp3) is 0.467. The smallest absolute Gasteiger partial charge is 0.226 e. The molecule has 0 bridgehead atoms. The fourth-order valence-corrected chi connectivity index (χ4v) is 2.31. The van der Waals surface area contributed by atoms with Gasteiger partial charge in [0.15, 0.2) is 5.82 Å². The average molecular weight is 338 g/mol. The van der Waals surface area contributed by atoms with Crippen LogP contribution in [0.3, 0.4) is 0 Å². The lowest BCUT2D eigenvalue weighted by Gasteiger charge is -2.06. The molecule has 5 heteroatoms. The van der Waals surface area contributed by atoms with Crippen LogP contribution in [0.1, 0.15) is 37.0 Å². The second-order valence-corrected chi connectivity index (χ2v) is 6.04. The number of benzene rings is 1.